The lowest BCUT2D eigenvalue weighted by Gasteiger charge is -2.15. The monoisotopic (exact) mass is 287 g/mol. The van der Waals surface area contributed by atoms with E-state index < -0.39 is 5.91 Å². The van der Waals surface area contributed by atoms with E-state index in [4.69, 9.17) is 11.5 Å². The Balaban J connectivity index is 2.03. The summed E-state index contributed by atoms with van der Waals surface area (Å²) in [5, 5.41) is 0. The van der Waals surface area contributed by atoms with Gasteiger partial charge in [0.25, 0.3) is 5.91 Å². The standard InChI is InChI=1S/C14H13N3O2S/c15-13-10(14(16)19)5-11(17-13)7-1-2-12-8(3-7)4-9(18)6-20-12/h1-3,5,17H,4,6,15H2,(H2,16,19). The second-order valence-electron chi connectivity index (χ2n) is 4.70. The van der Waals surface area contributed by atoms with Gasteiger partial charge in [-0.1, -0.05) is 6.07 Å². The lowest BCUT2D eigenvalue weighted by molar-refractivity contribution is -0.116. The number of thioether (sulfide) groups is 1. The maximum absolute atomic E-state index is 11.5. The van der Waals surface area contributed by atoms with E-state index in [1.807, 2.05) is 18.2 Å². The molecule has 1 amide bonds. The number of carbonyl (C=O) groups excluding carboxylic acids is 2. The van der Waals surface area contributed by atoms with Crippen molar-refractivity contribution in [3.8, 4) is 11.3 Å². The second-order valence-corrected chi connectivity index (χ2v) is 5.72. The quantitative estimate of drug-likeness (QED) is 0.780. The number of anilines is 1. The van der Waals surface area contributed by atoms with Gasteiger partial charge in [0.1, 0.15) is 11.6 Å². The number of Topliss-reactive ketones (excluding diaryl/α,β-unsaturated/α-hetero) is 1. The van der Waals surface area contributed by atoms with E-state index in [-0.39, 0.29) is 17.2 Å². The summed E-state index contributed by atoms with van der Waals surface area (Å²) in [6.07, 6.45) is 0.453. The fourth-order valence-electron chi connectivity index (χ4n) is 2.28. The number of hydrogen-bond acceptors (Lipinski definition) is 4. The SMILES string of the molecule is NC(=O)c1cc(-c2ccc3c(c2)CC(=O)CS3)[nH]c1N. The Hall–Kier alpha value is -2.21. The number of fused-ring (bicyclic) bond motifs is 1. The number of carbonyl (C=O) groups is 2. The van der Waals surface area contributed by atoms with Crippen LogP contribution in [0.1, 0.15) is 15.9 Å². The summed E-state index contributed by atoms with van der Waals surface area (Å²) in [4.78, 5) is 26.8. The number of ketones is 1. The number of H-pyrrole nitrogens is 1. The Labute approximate surface area is 119 Å². The second kappa shape index (κ2) is 4.72. The van der Waals surface area contributed by atoms with Crippen LogP contribution in [0.3, 0.4) is 0 Å². The number of nitrogen functional groups attached to an aromatic ring is 1. The number of primary amides is 1. The molecule has 2 aromatic rings. The molecule has 0 unspecified atom stereocenters. The molecular weight excluding hydrogens is 274 g/mol. The normalized spacial score (nSPS) is 14.1. The van der Waals surface area contributed by atoms with Gasteiger partial charge in [-0.25, -0.2) is 0 Å². The number of hydrogen-bond donors (Lipinski definition) is 3. The van der Waals surface area contributed by atoms with E-state index >= 15 is 0 Å². The molecule has 0 aliphatic carbocycles. The van der Waals surface area contributed by atoms with Crippen LogP contribution in [0.2, 0.25) is 0 Å². The van der Waals surface area contributed by atoms with Crippen molar-refractivity contribution in [2.75, 3.05) is 11.5 Å². The van der Waals surface area contributed by atoms with Crippen molar-refractivity contribution in [2.24, 2.45) is 5.73 Å². The lowest BCUT2D eigenvalue weighted by Crippen LogP contribution is -2.11. The van der Waals surface area contributed by atoms with Crippen LogP contribution in [-0.2, 0) is 11.2 Å². The Bertz CT molecular complexity index is 721. The van der Waals surface area contributed by atoms with E-state index in [9.17, 15) is 9.59 Å². The van der Waals surface area contributed by atoms with E-state index in [0.29, 0.717) is 12.2 Å². The molecule has 0 radical (unpaired) electrons. The lowest BCUT2D eigenvalue weighted by atomic mass is 10.0. The fraction of sp³-hybridized carbons (Fsp3) is 0.143. The van der Waals surface area contributed by atoms with Crippen LogP contribution in [0.5, 0.6) is 0 Å². The first-order chi connectivity index (χ1) is 9.54. The Morgan fingerprint density at radius 2 is 2.10 bits per heavy atom. The molecule has 1 aromatic carbocycles. The highest BCUT2D eigenvalue weighted by Crippen LogP contribution is 2.32. The van der Waals surface area contributed by atoms with Crippen molar-refractivity contribution < 1.29 is 9.59 Å². The van der Waals surface area contributed by atoms with Gasteiger partial charge in [0.05, 0.1) is 11.3 Å². The van der Waals surface area contributed by atoms with E-state index in [1.54, 1.807) is 17.8 Å². The molecule has 0 atom stereocenters. The van der Waals surface area contributed by atoms with Crippen LogP contribution in [-0.4, -0.2) is 22.4 Å². The summed E-state index contributed by atoms with van der Waals surface area (Å²) in [5.74, 6) is 0.459. The smallest absolute Gasteiger partial charge is 0.252 e. The van der Waals surface area contributed by atoms with Crippen LogP contribution in [0, 0.1) is 0 Å². The number of aromatic amines is 1. The molecule has 5 N–H and O–H groups in total. The average Bonchev–Trinajstić information content (AvgIpc) is 2.80. The van der Waals surface area contributed by atoms with E-state index in [2.05, 4.69) is 4.98 Å². The largest absolute Gasteiger partial charge is 0.385 e. The molecule has 102 valence electrons. The van der Waals surface area contributed by atoms with Crippen molar-refractivity contribution in [1.29, 1.82) is 0 Å². The third-order valence-corrected chi connectivity index (χ3v) is 4.44. The molecule has 6 heteroatoms. The number of nitrogens with one attached hydrogen (secondary N) is 1. The Morgan fingerprint density at radius 3 is 2.80 bits per heavy atom. The molecule has 1 aliphatic heterocycles. The van der Waals surface area contributed by atoms with Gasteiger partial charge >= 0.3 is 0 Å². The van der Waals surface area contributed by atoms with Crippen LogP contribution in [0.25, 0.3) is 11.3 Å². The van der Waals surface area contributed by atoms with Crippen LogP contribution in [0.4, 0.5) is 5.82 Å². The summed E-state index contributed by atoms with van der Waals surface area (Å²) >= 11 is 1.56. The van der Waals surface area contributed by atoms with Crippen molar-refractivity contribution >= 4 is 29.3 Å². The van der Waals surface area contributed by atoms with Crippen molar-refractivity contribution in [2.45, 2.75) is 11.3 Å². The van der Waals surface area contributed by atoms with Crippen molar-refractivity contribution in [1.82, 2.24) is 4.98 Å². The van der Waals surface area contributed by atoms with Gasteiger partial charge in [0, 0.05) is 17.0 Å². The van der Waals surface area contributed by atoms with Gasteiger partial charge in [-0.15, -0.1) is 11.8 Å². The van der Waals surface area contributed by atoms with Crippen molar-refractivity contribution in [3.05, 3.63) is 35.4 Å². The van der Waals surface area contributed by atoms with Gasteiger partial charge in [0.15, 0.2) is 0 Å². The number of rotatable bonds is 2. The molecule has 0 spiro atoms. The molecule has 0 saturated heterocycles. The summed E-state index contributed by atoms with van der Waals surface area (Å²) in [6, 6.07) is 7.52. The number of amides is 1. The molecular formula is C14H13N3O2S. The predicted molar refractivity (Wildman–Crippen MR) is 78.6 cm³/mol. The molecule has 20 heavy (non-hydrogen) atoms. The molecule has 0 bridgehead atoms. The predicted octanol–water partition coefficient (Wildman–Crippen LogP) is 1.58. The Kier molecular flexibility index (Phi) is 3.02. The summed E-state index contributed by atoms with van der Waals surface area (Å²) in [5.41, 5.74) is 13.9. The fourth-order valence-corrected chi connectivity index (χ4v) is 3.18. The van der Waals surface area contributed by atoms with Gasteiger partial charge in [-0.3, -0.25) is 9.59 Å². The molecule has 0 saturated carbocycles. The maximum Gasteiger partial charge on any atom is 0.252 e. The minimum absolute atomic E-state index is 0.225. The number of nitrogens with two attached hydrogens (primary N) is 2. The molecule has 1 aliphatic rings. The van der Waals surface area contributed by atoms with Crippen LogP contribution in [0.15, 0.2) is 29.2 Å². The summed E-state index contributed by atoms with van der Waals surface area (Å²) in [7, 11) is 0. The first-order valence-electron chi connectivity index (χ1n) is 6.10. The third-order valence-electron chi connectivity index (χ3n) is 3.26. The minimum atomic E-state index is -0.561. The molecule has 1 aromatic heterocycles. The zero-order valence-electron chi connectivity index (χ0n) is 10.6. The molecule has 3 rings (SSSR count). The van der Waals surface area contributed by atoms with Gasteiger partial charge in [0.2, 0.25) is 0 Å². The topological polar surface area (TPSA) is 102 Å². The molecule has 0 fully saturated rings. The minimum Gasteiger partial charge on any atom is -0.385 e. The number of aromatic nitrogens is 1. The number of benzene rings is 1. The first kappa shape index (κ1) is 12.8. The van der Waals surface area contributed by atoms with Gasteiger partial charge < -0.3 is 16.5 Å². The van der Waals surface area contributed by atoms with E-state index in [0.717, 1.165) is 21.7 Å². The van der Waals surface area contributed by atoms with Crippen LogP contribution < -0.4 is 11.5 Å². The zero-order chi connectivity index (χ0) is 14.3. The summed E-state index contributed by atoms with van der Waals surface area (Å²) < 4.78 is 0. The van der Waals surface area contributed by atoms with E-state index in [1.165, 1.54) is 0 Å². The zero-order valence-corrected chi connectivity index (χ0v) is 11.4. The third kappa shape index (κ3) is 2.18. The maximum atomic E-state index is 11.5. The highest BCUT2D eigenvalue weighted by atomic mass is 32.2. The highest BCUT2D eigenvalue weighted by Gasteiger charge is 2.18. The van der Waals surface area contributed by atoms with Crippen molar-refractivity contribution in [3.63, 3.8) is 0 Å². The first-order valence-corrected chi connectivity index (χ1v) is 7.09. The average molecular weight is 287 g/mol. The highest BCUT2D eigenvalue weighted by molar-refractivity contribution is 8.00. The Morgan fingerprint density at radius 1 is 1.30 bits per heavy atom. The van der Waals surface area contributed by atoms with Crippen LogP contribution >= 0.6 is 11.8 Å². The molecule has 2 heterocycles. The van der Waals surface area contributed by atoms with Gasteiger partial charge in [-0.2, -0.15) is 0 Å². The van der Waals surface area contributed by atoms with Gasteiger partial charge in [-0.05, 0) is 29.3 Å². The summed E-state index contributed by atoms with van der Waals surface area (Å²) in [6.45, 7) is 0. The molecule has 5 nitrogen and oxygen atoms in total.